The van der Waals surface area contributed by atoms with Crippen LogP contribution in [0.3, 0.4) is 0 Å². The second kappa shape index (κ2) is 9.90. The highest BCUT2D eigenvalue weighted by molar-refractivity contribution is 5.98. The largest absolute Gasteiger partial charge is 0.466 e. The van der Waals surface area contributed by atoms with E-state index in [9.17, 15) is 19.5 Å². The van der Waals surface area contributed by atoms with Gasteiger partial charge < -0.3 is 24.8 Å². The fraction of sp³-hybridized carbons (Fsp3) is 0.880. The minimum Gasteiger partial charge on any atom is -0.466 e. The first-order chi connectivity index (χ1) is 15.6. The highest BCUT2D eigenvalue weighted by Crippen LogP contribution is 2.65. The van der Waals surface area contributed by atoms with E-state index in [1.54, 1.807) is 11.8 Å². The molecule has 0 aromatic carbocycles. The molecule has 1 spiro atoms. The molecule has 3 saturated heterocycles. The van der Waals surface area contributed by atoms with Crippen molar-refractivity contribution in [1.29, 1.82) is 0 Å². The van der Waals surface area contributed by atoms with E-state index in [0.29, 0.717) is 13.0 Å². The molecule has 188 valence electrons. The maximum Gasteiger partial charge on any atom is 0.312 e. The molecule has 8 atom stereocenters. The summed E-state index contributed by atoms with van der Waals surface area (Å²) >= 11 is 0. The molecule has 0 aliphatic carbocycles. The van der Waals surface area contributed by atoms with E-state index in [1.807, 2.05) is 27.7 Å². The van der Waals surface area contributed by atoms with E-state index >= 15 is 0 Å². The number of carbonyl (C=O) groups excluding carboxylic acids is 3. The van der Waals surface area contributed by atoms with Gasteiger partial charge in [0, 0.05) is 6.54 Å². The van der Waals surface area contributed by atoms with Crippen LogP contribution in [0.1, 0.15) is 73.6 Å². The Bertz CT molecular complexity index is 759. The third kappa shape index (κ3) is 3.97. The van der Waals surface area contributed by atoms with Crippen LogP contribution in [0.5, 0.6) is 0 Å². The minimum atomic E-state index is -1.10. The minimum absolute atomic E-state index is 0.0178. The normalized spacial score (nSPS) is 36.6. The summed E-state index contributed by atoms with van der Waals surface area (Å²) in [5.41, 5.74) is -1.97. The van der Waals surface area contributed by atoms with Crippen molar-refractivity contribution in [3.05, 3.63) is 0 Å². The van der Waals surface area contributed by atoms with Crippen molar-refractivity contribution in [2.75, 3.05) is 19.8 Å². The first-order valence-electron chi connectivity index (χ1n) is 12.7. The van der Waals surface area contributed by atoms with Crippen molar-refractivity contribution in [3.63, 3.8) is 0 Å². The molecule has 33 heavy (non-hydrogen) atoms. The number of likely N-dealkylation sites (tertiary alicyclic amines) is 1. The van der Waals surface area contributed by atoms with Gasteiger partial charge in [0.05, 0.1) is 30.8 Å². The molecular formula is C25H42N2O6. The van der Waals surface area contributed by atoms with Gasteiger partial charge in [-0.15, -0.1) is 0 Å². The van der Waals surface area contributed by atoms with Crippen LogP contribution >= 0.6 is 0 Å². The number of esters is 1. The molecule has 3 rings (SSSR count). The summed E-state index contributed by atoms with van der Waals surface area (Å²) in [6, 6.07) is -1.41. The monoisotopic (exact) mass is 466 g/mol. The number of nitrogens with one attached hydrogen (secondary N) is 1. The molecule has 0 aromatic heterocycles. The van der Waals surface area contributed by atoms with Gasteiger partial charge >= 0.3 is 5.97 Å². The zero-order valence-electron chi connectivity index (χ0n) is 21.1. The zero-order chi connectivity index (χ0) is 24.6. The lowest BCUT2D eigenvalue weighted by Crippen LogP contribution is -2.59. The van der Waals surface area contributed by atoms with Gasteiger partial charge in [0.1, 0.15) is 17.6 Å². The fourth-order valence-electron chi connectivity index (χ4n) is 6.42. The van der Waals surface area contributed by atoms with Gasteiger partial charge in [0.2, 0.25) is 11.8 Å². The number of carbonyl (C=O) groups is 3. The standard InChI is InChI=1S/C25H42N2O6/c1-7-10-11-12-26-21(29)20-25-13-16(5)24(6,33-25)19(23(31)32-9-3)18(25)22(30)27(20)17(14-28)15(4)8-2/h15-20,28H,7-14H2,1-6H3,(H,26,29)/t15-,16?,17-,18-,19+,20?,24-,25?/m0/s1. The second-order valence-corrected chi connectivity index (χ2v) is 10.3. The lowest BCUT2D eigenvalue weighted by Gasteiger charge is -2.39. The molecule has 0 radical (unpaired) electrons. The second-order valence-electron chi connectivity index (χ2n) is 10.3. The highest BCUT2D eigenvalue weighted by Gasteiger charge is 2.80. The molecule has 8 nitrogen and oxygen atoms in total. The first kappa shape index (κ1) is 25.9. The van der Waals surface area contributed by atoms with E-state index in [4.69, 9.17) is 9.47 Å². The predicted octanol–water partition coefficient (Wildman–Crippen LogP) is 2.27. The number of unbranched alkanes of at least 4 members (excludes halogenated alkanes) is 2. The Labute approximate surface area is 197 Å². The number of ether oxygens (including phenoxy) is 2. The van der Waals surface area contributed by atoms with Crippen molar-refractivity contribution in [1.82, 2.24) is 10.2 Å². The summed E-state index contributed by atoms with van der Waals surface area (Å²) in [6.45, 7) is 12.2. The van der Waals surface area contributed by atoms with Crippen LogP contribution in [0.25, 0.3) is 0 Å². The van der Waals surface area contributed by atoms with Crippen LogP contribution in [-0.2, 0) is 23.9 Å². The quantitative estimate of drug-likeness (QED) is 0.358. The van der Waals surface area contributed by atoms with Gasteiger partial charge in [-0.1, -0.05) is 47.0 Å². The molecule has 8 heteroatoms. The summed E-state index contributed by atoms with van der Waals surface area (Å²) in [7, 11) is 0. The molecule has 0 saturated carbocycles. The molecule has 3 aliphatic heterocycles. The average Bonchev–Trinajstić information content (AvgIpc) is 3.29. The van der Waals surface area contributed by atoms with Crippen molar-refractivity contribution >= 4 is 17.8 Å². The Morgan fingerprint density at radius 1 is 1.30 bits per heavy atom. The molecule has 3 heterocycles. The Hall–Kier alpha value is -1.67. The number of fused-ring (bicyclic) bond motifs is 1. The summed E-state index contributed by atoms with van der Waals surface area (Å²) in [4.78, 5) is 42.3. The van der Waals surface area contributed by atoms with Gasteiger partial charge in [-0.05, 0) is 38.5 Å². The van der Waals surface area contributed by atoms with Gasteiger partial charge in [-0.2, -0.15) is 0 Å². The number of hydrogen-bond acceptors (Lipinski definition) is 6. The molecule has 0 aromatic rings. The average molecular weight is 467 g/mol. The summed E-state index contributed by atoms with van der Waals surface area (Å²) < 4.78 is 12.0. The van der Waals surface area contributed by atoms with Crippen molar-refractivity contribution < 1.29 is 29.0 Å². The maximum atomic E-state index is 14.0. The predicted molar refractivity (Wildman–Crippen MR) is 123 cm³/mol. The lowest BCUT2D eigenvalue weighted by molar-refractivity contribution is -0.162. The molecule has 2 amide bonds. The van der Waals surface area contributed by atoms with Gasteiger partial charge in [-0.25, -0.2) is 0 Å². The Kier molecular flexibility index (Phi) is 7.79. The van der Waals surface area contributed by atoms with Crippen molar-refractivity contribution in [2.45, 2.75) is 96.9 Å². The first-order valence-corrected chi connectivity index (χ1v) is 12.7. The summed E-state index contributed by atoms with van der Waals surface area (Å²) in [6.07, 6.45) is 4.15. The Morgan fingerprint density at radius 3 is 2.58 bits per heavy atom. The summed E-state index contributed by atoms with van der Waals surface area (Å²) in [5.74, 6) is -2.59. The third-order valence-electron chi connectivity index (χ3n) is 8.47. The van der Waals surface area contributed by atoms with Crippen molar-refractivity contribution in [3.8, 4) is 0 Å². The highest BCUT2D eigenvalue weighted by atomic mass is 16.6. The van der Waals surface area contributed by atoms with Gasteiger partial charge in [0.25, 0.3) is 0 Å². The van der Waals surface area contributed by atoms with Crippen LogP contribution in [0.4, 0.5) is 0 Å². The molecular weight excluding hydrogens is 424 g/mol. The van der Waals surface area contributed by atoms with E-state index in [1.165, 1.54) is 0 Å². The van der Waals surface area contributed by atoms with Gasteiger partial charge in [0.15, 0.2) is 0 Å². The smallest absolute Gasteiger partial charge is 0.312 e. The number of hydrogen-bond donors (Lipinski definition) is 2. The fourth-order valence-corrected chi connectivity index (χ4v) is 6.42. The number of aliphatic hydroxyl groups excluding tert-OH is 1. The van der Waals surface area contributed by atoms with Crippen LogP contribution in [0.2, 0.25) is 0 Å². The maximum absolute atomic E-state index is 14.0. The SMILES string of the molecule is CCCCCNC(=O)C1N([C@@H](CO)[C@@H](C)CC)C(=O)[C@@H]2[C@H](C(=O)OCC)[C@@]3(C)OC12CC3C. The number of aliphatic hydroxyl groups is 1. The van der Waals surface area contributed by atoms with Crippen LogP contribution in [0, 0.1) is 23.7 Å². The third-order valence-corrected chi connectivity index (χ3v) is 8.47. The molecule has 2 N–H and O–H groups in total. The van der Waals surface area contributed by atoms with Crippen molar-refractivity contribution in [2.24, 2.45) is 23.7 Å². The number of nitrogens with zero attached hydrogens (tertiary/aromatic N) is 1. The van der Waals surface area contributed by atoms with E-state index in [0.717, 1.165) is 25.7 Å². The summed E-state index contributed by atoms with van der Waals surface area (Å²) in [5, 5.41) is 13.3. The molecule has 2 bridgehead atoms. The van der Waals surface area contributed by atoms with Crippen LogP contribution in [0.15, 0.2) is 0 Å². The van der Waals surface area contributed by atoms with Gasteiger partial charge in [-0.3, -0.25) is 14.4 Å². The van der Waals surface area contributed by atoms with E-state index in [-0.39, 0.29) is 36.9 Å². The van der Waals surface area contributed by atoms with Crippen LogP contribution in [-0.4, -0.2) is 70.8 Å². The van der Waals surface area contributed by atoms with E-state index < -0.39 is 41.1 Å². The number of rotatable bonds is 11. The zero-order valence-corrected chi connectivity index (χ0v) is 21.1. The molecule has 3 fully saturated rings. The lowest BCUT2D eigenvalue weighted by atomic mass is 9.62. The molecule has 3 unspecified atom stereocenters. The number of amides is 2. The van der Waals surface area contributed by atoms with Crippen LogP contribution < -0.4 is 5.32 Å². The Morgan fingerprint density at radius 2 is 2.00 bits per heavy atom. The van der Waals surface area contributed by atoms with E-state index in [2.05, 4.69) is 12.2 Å². The topological polar surface area (TPSA) is 105 Å². The Balaban J connectivity index is 2.06. The molecule has 3 aliphatic rings.